The number of carbonyl (C=O) groups is 1. The fourth-order valence-electron chi connectivity index (χ4n) is 3.33. The predicted molar refractivity (Wildman–Crippen MR) is 120 cm³/mol. The largest absolute Gasteiger partial charge is 0.383 e. The number of hydrogen-bond donors (Lipinski definition) is 1. The standard InChI is InChI=1S/C24H24ClNO2S/c1-4-15(2)21(17-8-10-19(25)11-9-17)22(23(27)18-6-5-13-26-14-18)24(28)20-12-7-16(3)29-20/h5-15,23,27H,4H2,1-3H3/b22-21+. The van der Waals surface area contributed by atoms with Crippen molar-refractivity contribution in [2.75, 3.05) is 0 Å². The van der Waals surface area contributed by atoms with E-state index in [1.807, 2.05) is 43.3 Å². The number of aliphatic hydroxyl groups excluding tert-OH is 1. The quantitative estimate of drug-likeness (QED) is 0.346. The van der Waals surface area contributed by atoms with Crippen molar-refractivity contribution in [3.8, 4) is 0 Å². The van der Waals surface area contributed by atoms with Crippen molar-refractivity contribution in [2.24, 2.45) is 5.92 Å². The lowest BCUT2D eigenvalue weighted by Gasteiger charge is -2.23. The molecule has 0 bridgehead atoms. The number of aromatic nitrogens is 1. The first-order valence-corrected chi connectivity index (χ1v) is 10.8. The Labute approximate surface area is 180 Å². The number of Topliss-reactive ketones (excluding diaryl/α,β-unsaturated/α-hetero) is 1. The van der Waals surface area contributed by atoms with Gasteiger partial charge in [0.2, 0.25) is 5.78 Å². The van der Waals surface area contributed by atoms with Gasteiger partial charge in [0, 0.05) is 33.4 Å². The number of nitrogens with zero attached hydrogens (tertiary/aromatic N) is 1. The second-order valence-corrected chi connectivity index (χ2v) is 8.80. The lowest BCUT2D eigenvalue weighted by Crippen LogP contribution is -2.16. The number of rotatable bonds is 7. The van der Waals surface area contributed by atoms with Crippen LogP contribution in [0.1, 0.15) is 52.0 Å². The summed E-state index contributed by atoms with van der Waals surface area (Å²) in [6.07, 6.45) is 3.02. The van der Waals surface area contributed by atoms with Crippen LogP contribution in [0.15, 0.2) is 66.5 Å². The number of ketones is 1. The molecule has 0 aliphatic carbocycles. The molecule has 1 N–H and O–H groups in total. The Morgan fingerprint density at radius 2 is 1.90 bits per heavy atom. The highest BCUT2D eigenvalue weighted by Crippen LogP contribution is 2.38. The number of carbonyl (C=O) groups excluding carboxylic acids is 1. The maximum atomic E-state index is 13.6. The summed E-state index contributed by atoms with van der Waals surface area (Å²) in [5, 5.41) is 11.9. The number of aliphatic hydroxyl groups is 1. The zero-order chi connectivity index (χ0) is 21.0. The third-order valence-corrected chi connectivity index (χ3v) is 6.28. The van der Waals surface area contributed by atoms with Crippen molar-refractivity contribution in [1.29, 1.82) is 0 Å². The fraction of sp³-hybridized carbons (Fsp3) is 0.250. The van der Waals surface area contributed by atoms with E-state index in [9.17, 15) is 9.90 Å². The van der Waals surface area contributed by atoms with Gasteiger partial charge in [-0.25, -0.2) is 0 Å². The van der Waals surface area contributed by atoms with Crippen LogP contribution < -0.4 is 0 Å². The highest BCUT2D eigenvalue weighted by Gasteiger charge is 2.29. The summed E-state index contributed by atoms with van der Waals surface area (Å²) in [6.45, 7) is 6.12. The highest BCUT2D eigenvalue weighted by molar-refractivity contribution is 7.14. The normalized spacial score (nSPS) is 14.2. The average Bonchev–Trinajstić information content (AvgIpc) is 3.18. The number of hydrogen-bond acceptors (Lipinski definition) is 4. The molecule has 0 amide bonds. The van der Waals surface area contributed by atoms with E-state index in [2.05, 4.69) is 18.8 Å². The molecule has 0 saturated heterocycles. The molecule has 3 nitrogen and oxygen atoms in total. The van der Waals surface area contributed by atoms with Crippen molar-refractivity contribution in [2.45, 2.75) is 33.3 Å². The van der Waals surface area contributed by atoms with Crippen molar-refractivity contribution in [1.82, 2.24) is 4.98 Å². The van der Waals surface area contributed by atoms with Gasteiger partial charge in [0.1, 0.15) is 6.10 Å². The molecular formula is C24H24ClNO2S. The zero-order valence-corrected chi connectivity index (χ0v) is 18.3. The molecule has 3 rings (SSSR count). The summed E-state index contributed by atoms with van der Waals surface area (Å²) >= 11 is 7.53. The third kappa shape index (κ3) is 4.84. The second-order valence-electron chi connectivity index (χ2n) is 7.07. The van der Waals surface area contributed by atoms with Gasteiger partial charge in [-0.05, 0) is 60.7 Å². The monoisotopic (exact) mass is 425 g/mol. The van der Waals surface area contributed by atoms with Crippen LogP contribution in [-0.4, -0.2) is 15.9 Å². The summed E-state index contributed by atoms with van der Waals surface area (Å²) in [5.41, 5.74) is 2.73. The first-order chi connectivity index (χ1) is 13.9. The SMILES string of the molecule is CCC(C)/C(=C(\C(=O)c1ccc(C)s1)C(O)c1cccnc1)c1ccc(Cl)cc1. The fourth-order valence-corrected chi connectivity index (χ4v) is 4.27. The molecule has 29 heavy (non-hydrogen) atoms. The summed E-state index contributed by atoms with van der Waals surface area (Å²) in [4.78, 5) is 19.4. The molecule has 2 aromatic heterocycles. The van der Waals surface area contributed by atoms with Gasteiger partial charge in [-0.15, -0.1) is 11.3 Å². The molecule has 0 fully saturated rings. The van der Waals surface area contributed by atoms with E-state index in [-0.39, 0.29) is 11.7 Å². The van der Waals surface area contributed by atoms with Crippen LogP contribution in [0, 0.1) is 12.8 Å². The molecule has 5 heteroatoms. The Morgan fingerprint density at radius 3 is 2.45 bits per heavy atom. The van der Waals surface area contributed by atoms with Crippen molar-refractivity contribution < 1.29 is 9.90 Å². The Morgan fingerprint density at radius 1 is 1.17 bits per heavy atom. The van der Waals surface area contributed by atoms with Crippen LogP contribution in [0.2, 0.25) is 5.02 Å². The molecule has 1 aromatic carbocycles. The predicted octanol–water partition coefficient (Wildman–Crippen LogP) is 6.52. The summed E-state index contributed by atoms with van der Waals surface area (Å²) in [5.74, 6) is -0.0767. The van der Waals surface area contributed by atoms with Crippen LogP contribution in [0.3, 0.4) is 0 Å². The molecule has 0 aliphatic rings. The maximum absolute atomic E-state index is 13.6. The first-order valence-electron chi connectivity index (χ1n) is 9.61. The Hall–Kier alpha value is -2.27. The van der Waals surface area contributed by atoms with Crippen molar-refractivity contribution in [3.63, 3.8) is 0 Å². The number of halogens is 1. The maximum Gasteiger partial charge on any atom is 0.202 e. The minimum absolute atomic E-state index is 0.0718. The van der Waals surface area contributed by atoms with E-state index < -0.39 is 6.10 Å². The topological polar surface area (TPSA) is 50.2 Å². The van der Waals surface area contributed by atoms with Crippen molar-refractivity contribution >= 4 is 34.3 Å². The van der Waals surface area contributed by atoms with Crippen LogP contribution in [-0.2, 0) is 0 Å². The van der Waals surface area contributed by atoms with Crippen molar-refractivity contribution in [3.05, 3.63) is 92.4 Å². The van der Waals surface area contributed by atoms with E-state index in [0.717, 1.165) is 22.4 Å². The van der Waals surface area contributed by atoms with Gasteiger partial charge in [0.15, 0.2) is 0 Å². The molecular weight excluding hydrogens is 402 g/mol. The van der Waals surface area contributed by atoms with Crippen LogP contribution in [0.25, 0.3) is 5.57 Å². The van der Waals surface area contributed by atoms with E-state index in [1.54, 1.807) is 24.5 Å². The van der Waals surface area contributed by atoms with Crippen LogP contribution in [0.5, 0.6) is 0 Å². The van der Waals surface area contributed by atoms with Gasteiger partial charge in [0.25, 0.3) is 0 Å². The third-order valence-electron chi connectivity index (χ3n) is 5.03. The average molecular weight is 426 g/mol. The van der Waals surface area contributed by atoms with Gasteiger partial charge in [-0.2, -0.15) is 0 Å². The number of thiophene rings is 1. The van der Waals surface area contributed by atoms with Crippen LogP contribution in [0.4, 0.5) is 0 Å². The Bertz CT molecular complexity index is 1010. The number of aryl methyl sites for hydroxylation is 1. The van der Waals surface area contributed by atoms with E-state index in [1.165, 1.54) is 11.3 Å². The van der Waals surface area contributed by atoms with Crippen LogP contribution >= 0.6 is 22.9 Å². The summed E-state index contributed by atoms with van der Waals surface area (Å²) in [7, 11) is 0. The Kier molecular flexibility index (Phi) is 7.01. The van der Waals surface area contributed by atoms with Gasteiger partial charge in [-0.3, -0.25) is 9.78 Å². The molecule has 3 aromatic rings. The Balaban J connectivity index is 2.26. The first kappa shape index (κ1) is 21.4. The molecule has 0 spiro atoms. The van der Waals surface area contributed by atoms with Gasteiger partial charge < -0.3 is 5.11 Å². The van der Waals surface area contributed by atoms with E-state index >= 15 is 0 Å². The minimum Gasteiger partial charge on any atom is -0.383 e. The zero-order valence-electron chi connectivity index (χ0n) is 16.7. The van der Waals surface area contributed by atoms with E-state index in [0.29, 0.717) is 21.0 Å². The molecule has 2 atom stereocenters. The molecule has 2 unspecified atom stereocenters. The van der Waals surface area contributed by atoms with Gasteiger partial charge >= 0.3 is 0 Å². The number of benzene rings is 1. The lowest BCUT2D eigenvalue weighted by atomic mass is 9.82. The molecule has 150 valence electrons. The summed E-state index contributed by atoms with van der Waals surface area (Å²) in [6, 6.07) is 14.8. The second kappa shape index (κ2) is 9.49. The molecule has 0 saturated carbocycles. The molecule has 0 radical (unpaired) electrons. The highest BCUT2D eigenvalue weighted by atomic mass is 35.5. The minimum atomic E-state index is -1.07. The van der Waals surface area contributed by atoms with Gasteiger partial charge in [0.05, 0.1) is 4.88 Å². The van der Waals surface area contributed by atoms with Gasteiger partial charge in [-0.1, -0.05) is 43.6 Å². The smallest absolute Gasteiger partial charge is 0.202 e. The number of allylic oxidation sites excluding steroid dienone is 1. The van der Waals surface area contributed by atoms with E-state index in [4.69, 9.17) is 11.6 Å². The lowest BCUT2D eigenvalue weighted by molar-refractivity contribution is 0.0991. The molecule has 0 aliphatic heterocycles. The summed E-state index contributed by atoms with van der Waals surface area (Å²) < 4.78 is 0. The number of pyridine rings is 1. The molecule has 2 heterocycles.